The van der Waals surface area contributed by atoms with Crippen molar-refractivity contribution in [2.75, 3.05) is 25.9 Å². The lowest BCUT2D eigenvalue weighted by molar-refractivity contribution is -0.581. The van der Waals surface area contributed by atoms with E-state index in [0.29, 0.717) is 0 Å². The maximum absolute atomic E-state index is 10.5. The third-order valence-corrected chi connectivity index (χ3v) is 2.04. The third kappa shape index (κ3) is 1.61. The molecule has 1 heterocycles. The van der Waals surface area contributed by atoms with Gasteiger partial charge in [-0.05, 0) is 0 Å². The molecule has 0 bridgehead atoms. The minimum Gasteiger partial charge on any atom is -0.348 e. The Bertz CT molecular complexity index is 157. The summed E-state index contributed by atoms with van der Waals surface area (Å²) in [5.41, 5.74) is -1.24. The van der Waals surface area contributed by atoms with E-state index < -0.39 is 10.5 Å². The van der Waals surface area contributed by atoms with Gasteiger partial charge < -0.3 is 9.47 Å². The van der Waals surface area contributed by atoms with Gasteiger partial charge in [-0.25, -0.2) is 0 Å². The molecule has 0 N–H and O–H groups in total. The average Bonchev–Trinajstić information content (AvgIpc) is 2.05. The van der Waals surface area contributed by atoms with Crippen molar-refractivity contribution in [3.8, 4) is 0 Å². The van der Waals surface area contributed by atoms with Gasteiger partial charge in [-0.3, -0.25) is 10.1 Å². The van der Waals surface area contributed by atoms with Crippen LogP contribution in [0.25, 0.3) is 0 Å². The third-order valence-electron chi connectivity index (χ3n) is 1.54. The Hall–Kier alpha value is -0.390. The fourth-order valence-corrected chi connectivity index (χ4v) is 1.05. The molecule has 1 saturated heterocycles. The molecule has 0 amide bonds. The lowest BCUT2D eigenvalue weighted by Crippen LogP contribution is -2.52. The molecule has 0 aromatic carbocycles. The summed E-state index contributed by atoms with van der Waals surface area (Å²) in [5, 5.41) is 10.5. The molecule has 0 spiro atoms. The van der Waals surface area contributed by atoms with Crippen LogP contribution < -0.4 is 0 Å². The highest BCUT2D eigenvalue weighted by atomic mass is 35.5. The molecule has 0 radical (unpaired) electrons. The Morgan fingerprint density at radius 3 is 2.36 bits per heavy atom. The van der Waals surface area contributed by atoms with Gasteiger partial charge in [0.25, 0.3) is 5.54 Å². The topological polar surface area (TPSA) is 61.6 Å². The maximum Gasteiger partial charge on any atom is 0.281 e. The van der Waals surface area contributed by atoms with Crippen molar-refractivity contribution in [2.45, 2.75) is 5.54 Å². The summed E-state index contributed by atoms with van der Waals surface area (Å²) in [6.45, 7) is 0.180. The Balaban J connectivity index is 2.64. The van der Waals surface area contributed by atoms with Gasteiger partial charge in [0, 0.05) is 4.92 Å². The molecule has 0 aliphatic carbocycles. The lowest BCUT2D eigenvalue weighted by atomic mass is 10.1. The van der Waals surface area contributed by atoms with E-state index >= 15 is 0 Å². The molecule has 0 aromatic rings. The molecule has 0 aromatic heterocycles. The lowest BCUT2D eigenvalue weighted by Gasteiger charge is -2.26. The highest BCUT2D eigenvalue weighted by Crippen LogP contribution is 2.17. The molecule has 0 unspecified atom stereocenters. The van der Waals surface area contributed by atoms with Gasteiger partial charge in [0.15, 0.2) is 0 Å². The van der Waals surface area contributed by atoms with E-state index in [1.165, 1.54) is 0 Å². The number of hydrogen-bond donors (Lipinski definition) is 0. The smallest absolute Gasteiger partial charge is 0.281 e. The molecule has 11 heavy (non-hydrogen) atoms. The van der Waals surface area contributed by atoms with Crippen molar-refractivity contribution in [3.05, 3.63) is 10.1 Å². The van der Waals surface area contributed by atoms with E-state index in [0.717, 1.165) is 0 Å². The molecular formula is C5H8ClNO4. The molecule has 1 aliphatic heterocycles. The highest BCUT2D eigenvalue weighted by Gasteiger charge is 2.45. The second-order valence-corrected chi connectivity index (χ2v) is 2.70. The van der Waals surface area contributed by atoms with Gasteiger partial charge in [-0.1, -0.05) is 0 Å². The molecule has 6 heteroatoms. The summed E-state index contributed by atoms with van der Waals surface area (Å²) >= 11 is 5.43. The van der Waals surface area contributed by atoms with Gasteiger partial charge in [0.05, 0.1) is 5.88 Å². The number of rotatable bonds is 2. The van der Waals surface area contributed by atoms with Gasteiger partial charge in [-0.2, -0.15) is 0 Å². The maximum atomic E-state index is 10.5. The van der Waals surface area contributed by atoms with Gasteiger partial charge >= 0.3 is 0 Å². The van der Waals surface area contributed by atoms with Crippen molar-refractivity contribution >= 4 is 11.6 Å². The van der Waals surface area contributed by atoms with Gasteiger partial charge in [-0.15, -0.1) is 11.6 Å². The molecule has 1 rings (SSSR count). The summed E-state index contributed by atoms with van der Waals surface area (Å²) in [6, 6.07) is 0. The normalized spacial score (nSPS) is 23.0. The molecule has 1 fully saturated rings. The van der Waals surface area contributed by atoms with E-state index in [4.69, 9.17) is 21.1 Å². The fraction of sp³-hybridized carbons (Fsp3) is 1.00. The molecule has 5 nitrogen and oxygen atoms in total. The Morgan fingerprint density at radius 2 is 2.09 bits per heavy atom. The van der Waals surface area contributed by atoms with Crippen molar-refractivity contribution < 1.29 is 14.4 Å². The predicted octanol–water partition coefficient (Wildman–Crippen LogP) is 0.245. The van der Waals surface area contributed by atoms with Crippen LogP contribution in [0.4, 0.5) is 0 Å². The molecule has 0 atom stereocenters. The van der Waals surface area contributed by atoms with Crippen LogP contribution in [0.2, 0.25) is 0 Å². The van der Waals surface area contributed by atoms with E-state index in [1.54, 1.807) is 0 Å². The molecule has 64 valence electrons. The van der Waals surface area contributed by atoms with Crippen LogP contribution in [0, 0.1) is 10.1 Å². The number of ether oxygens (including phenoxy) is 2. The van der Waals surface area contributed by atoms with Crippen LogP contribution in [0.3, 0.4) is 0 Å². The SMILES string of the molecule is O=[N+]([O-])C1(CCl)COCOC1. The van der Waals surface area contributed by atoms with Crippen LogP contribution in [0.15, 0.2) is 0 Å². The van der Waals surface area contributed by atoms with Crippen LogP contribution in [-0.4, -0.2) is 36.3 Å². The minimum atomic E-state index is -1.24. The van der Waals surface area contributed by atoms with Gasteiger partial charge in [0.1, 0.15) is 20.0 Å². The molecule has 1 aliphatic rings. The summed E-state index contributed by atoms with van der Waals surface area (Å²) in [7, 11) is 0. The quantitative estimate of drug-likeness (QED) is 0.348. The summed E-state index contributed by atoms with van der Waals surface area (Å²) in [4.78, 5) is 10.0. The van der Waals surface area contributed by atoms with E-state index in [-0.39, 0.29) is 25.9 Å². The van der Waals surface area contributed by atoms with Crippen molar-refractivity contribution in [2.24, 2.45) is 0 Å². The first-order valence-corrected chi connectivity index (χ1v) is 3.61. The average molecular weight is 182 g/mol. The predicted molar refractivity (Wildman–Crippen MR) is 37.2 cm³/mol. The van der Waals surface area contributed by atoms with E-state index in [9.17, 15) is 10.1 Å². The van der Waals surface area contributed by atoms with Gasteiger partial charge in [0.2, 0.25) is 0 Å². The minimum absolute atomic E-state index is 0.0312. The zero-order valence-electron chi connectivity index (χ0n) is 5.79. The zero-order valence-corrected chi connectivity index (χ0v) is 6.54. The number of alkyl halides is 1. The van der Waals surface area contributed by atoms with Crippen LogP contribution in [0.1, 0.15) is 0 Å². The first-order valence-electron chi connectivity index (χ1n) is 3.07. The summed E-state index contributed by atoms with van der Waals surface area (Å²) in [5.74, 6) is -0.0833. The van der Waals surface area contributed by atoms with Crippen molar-refractivity contribution in [1.82, 2.24) is 0 Å². The van der Waals surface area contributed by atoms with Crippen LogP contribution in [0.5, 0.6) is 0 Å². The molecule has 0 saturated carbocycles. The summed E-state index contributed by atoms with van der Waals surface area (Å²) in [6.07, 6.45) is 0. The molecular weight excluding hydrogens is 174 g/mol. The highest BCUT2D eigenvalue weighted by molar-refractivity contribution is 6.18. The number of halogens is 1. The Morgan fingerprint density at radius 1 is 1.55 bits per heavy atom. The van der Waals surface area contributed by atoms with Crippen LogP contribution in [-0.2, 0) is 9.47 Å². The Labute approximate surface area is 68.4 Å². The largest absolute Gasteiger partial charge is 0.348 e. The van der Waals surface area contributed by atoms with Crippen molar-refractivity contribution in [3.63, 3.8) is 0 Å². The Kier molecular flexibility index (Phi) is 2.64. The summed E-state index contributed by atoms with van der Waals surface area (Å²) < 4.78 is 9.58. The standard InChI is InChI=1S/C5H8ClNO4/c6-1-5(7(8)9)2-10-4-11-3-5/h1-4H2. The van der Waals surface area contributed by atoms with E-state index in [2.05, 4.69) is 0 Å². The first kappa shape index (κ1) is 8.70. The monoisotopic (exact) mass is 181 g/mol. The first-order chi connectivity index (χ1) is 5.21. The zero-order chi connectivity index (χ0) is 8.32. The number of hydrogen-bond acceptors (Lipinski definition) is 4. The van der Waals surface area contributed by atoms with Crippen molar-refractivity contribution in [1.29, 1.82) is 0 Å². The van der Waals surface area contributed by atoms with E-state index in [1.807, 2.05) is 0 Å². The second kappa shape index (κ2) is 3.34. The number of nitrogens with zero attached hydrogens (tertiary/aromatic N) is 1. The number of nitro groups is 1. The fourth-order valence-electron chi connectivity index (χ4n) is 0.795. The second-order valence-electron chi connectivity index (χ2n) is 2.43. The van der Waals surface area contributed by atoms with Crippen LogP contribution >= 0.6 is 11.6 Å².